The summed E-state index contributed by atoms with van der Waals surface area (Å²) in [5.74, 6) is 2.82. The summed E-state index contributed by atoms with van der Waals surface area (Å²) >= 11 is 0. The van der Waals surface area contributed by atoms with Crippen LogP contribution in [0.15, 0.2) is 17.5 Å². The average Bonchev–Trinajstić information content (AvgIpc) is 1.77. The van der Waals surface area contributed by atoms with Gasteiger partial charge in [0.25, 0.3) is 0 Å². The van der Waals surface area contributed by atoms with Gasteiger partial charge in [-0.3, -0.25) is 0 Å². The van der Waals surface area contributed by atoms with Crippen LogP contribution in [0.25, 0.3) is 0 Å². The molecule has 0 aromatic heterocycles. The maximum Gasteiger partial charge on any atom is 0.00318 e. The molecule has 0 aromatic rings. The van der Waals surface area contributed by atoms with Gasteiger partial charge in [-0.15, -0.1) is 0 Å². The Morgan fingerprint density at radius 3 is 2.88 bits per heavy atom. The maximum absolute atomic E-state index is 3.14. The molecule has 1 unspecified atom stereocenters. The molecular weight excluding hydrogens is 115 g/mol. The lowest BCUT2D eigenvalue weighted by Gasteiger charge is -2.04. The van der Waals surface area contributed by atoms with Gasteiger partial charge >= 0.3 is 0 Å². The zero-order chi connectivity index (χ0) is 5.98. The molecule has 0 aliphatic carbocycles. The van der Waals surface area contributed by atoms with E-state index in [0.717, 1.165) is 0 Å². The minimum absolute atomic E-state index is 0.622. The predicted octanol–water partition coefficient (Wildman–Crippen LogP) is 2.44. The van der Waals surface area contributed by atoms with Gasteiger partial charge in [0.2, 0.25) is 0 Å². The predicted molar refractivity (Wildman–Crippen MR) is 39.4 cm³/mol. The van der Waals surface area contributed by atoms with Crippen LogP contribution in [0.4, 0.5) is 0 Å². The van der Waals surface area contributed by atoms with Crippen molar-refractivity contribution in [2.45, 2.75) is 13.8 Å². The third-order valence-corrected chi connectivity index (χ3v) is 2.22. The van der Waals surface area contributed by atoms with Crippen molar-refractivity contribution in [3.8, 4) is 0 Å². The zero-order valence-corrected chi connectivity index (χ0v) is 6.07. The number of rotatable bonds is 0. The van der Waals surface area contributed by atoms with Crippen LogP contribution < -0.4 is 0 Å². The minimum atomic E-state index is 0.622. The van der Waals surface area contributed by atoms with Crippen molar-refractivity contribution in [2.24, 2.45) is 5.92 Å². The first-order chi connectivity index (χ1) is 3.80. The molecule has 8 heavy (non-hydrogen) atoms. The molecule has 0 radical (unpaired) electrons. The molecule has 42 valence electrons. The lowest BCUT2D eigenvalue weighted by molar-refractivity contribution is 0.873. The number of allylic oxidation sites excluding steroid dienone is 2. The molecular formula is C7H9P. The van der Waals surface area contributed by atoms with Crippen molar-refractivity contribution in [3.05, 3.63) is 17.5 Å². The third kappa shape index (κ3) is 1.10. The Kier molecular flexibility index (Phi) is 1.68. The highest BCUT2D eigenvalue weighted by atomic mass is 31.1. The van der Waals surface area contributed by atoms with Gasteiger partial charge in [0.15, 0.2) is 0 Å². The van der Waals surface area contributed by atoms with E-state index >= 15 is 0 Å². The molecule has 1 heterocycles. The van der Waals surface area contributed by atoms with Gasteiger partial charge in [-0.05, 0) is 27.0 Å². The van der Waals surface area contributed by atoms with E-state index in [2.05, 4.69) is 31.2 Å². The monoisotopic (exact) mass is 124 g/mol. The summed E-state index contributed by atoms with van der Waals surface area (Å²) in [6.07, 6.45) is 2.12. The summed E-state index contributed by atoms with van der Waals surface area (Å²) < 4.78 is 0. The third-order valence-electron chi connectivity index (χ3n) is 1.39. The highest BCUT2D eigenvalue weighted by Crippen LogP contribution is 2.17. The molecule has 1 aliphatic rings. The Hall–Kier alpha value is -0.310. The topological polar surface area (TPSA) is 0 Å². The first kappa shape index (κ1) is 5.82. The van der Waals surface area contributed by atoms with Crippen molar-refractivity contribution < 1.29 is 0 Å². The fourth-order valence-electron chi connectivity index (χ4n) is 0.543. The van der Waals surface area contributed by atoms with Gasteiger partial charge in [-0.2, -0.15) is 0 Å². The van der Waals surface area contributed by atoms with E-state index in [0.29, 0.717) is 5.92 Å². The lowest BCUT2D eigenvalue weighted by Crippen LogP contribution is -1.91. The van der Waals surface area contributed by atoms with Gasteiger partial charge in [0.05, 0.1) is 0 Å². The van der Waals surface area contributed by atoms with Crippen molar-refractivity contribution in [1.29, 1.82) is 0 Å². The van der Waals surface area contributed by atoms with E-state index in [-0.39, 0.29) is 0 Å². The van der Waals surface area contributed by atoms with Crippen molar-refractivity contribution >= 4 is 13.7 Å². The first-order valence-corrected chi connectivity index (χ1v) is 3.72. The molecule has 0 saturated heterocycles. The molecule has 0 N–H and O–H groups in total. The Balaban J connectivity index is 2.86. The molecule has 1 aliphatic heterocycles. The van der Waals surface area contributed by atoms with Crippen LogP contribution in [0.1, 0.15) is 13.8 Å². The van der Waals surface area contributed by atoms with E-state index in [1.165, 1.54) is 13.8 Å². The van der Waals surface area contributed by atoms with Crippen LogP contribution in [0.5, 0.6) is 0 Å². The molecule has 0 aromatic carbocycles. The molecule has 1 rings (SSSR count). The van der Waals surface area contributed by atoms with Crippen LogP contribution in [-0.2, 0) is 0 Å². The number of hydrogen-bond donors (Lipinski definition) is 0. The number of hydrogen-bond acceptors (Lipinski definition) is 0. The van der Waals surface area contributed by atoms with E-state index < -0.39 is 0 Å². The fourth-order valence-corrected chi connectivity index (χ4v) is 1.37. The summed E-state index contributed by atoms with van der Waals surface area (Å²) in [7, 11) is 1.22. The average molecular weight is 124 g/mol. The summed E-state index contributed by atoms with van der Waals surface area (Å²) in [5, 5.41) is 0. The van der Waals surface area contributed by atoms with Crippen molar-refractivity contribution in [2.75, 3.05) is 0 Å². The second kappa shape index (κ2) is 2.31. The Bertz CT molecular complexity index is 171. The summed E-state index contributed by atoms with van der Waals surface area (Å²) in [5.41, 5.74) is 4.60. The van der Waals surface area contributed by atoms with Crippen LogP contribution >= 0.6 is 8.20 Å². The molecule has 0 fully saturated rings. The molecule has 0 spiro atoms. The quantitative estimate of drug-likeness (QED) is 0.435. The van der Waals surface area contributed by atoms with E-state index in [9.17, 15) is 0 Å². The second-order valence-electron chi connectivity index (χ2n) is 2.09. The molecule has 0 bridgehead atoms. The van der Waals surface area contributed by atoms with Gasteiger partial charge in [-0.1, -0.05) is 17.9 Å². The summed E-state index contributed by atoms with van der Waals surface area (Å²) in [6, 6.07) is 0. The van der Waals surface area contributed by atoms with E-state index in [1.807, 2.05) is 0 Å². The summed E-state index contributed by atoms with van der Waals surface area (Å²) in [4.78, 5) is 0. The standard InChI is InChI=1S/C7H9P/c1-6-3-4-8-5-7(6)2/h3,5-6H,1-2H3. The normalized spacial score (nSPS) is 27.8. The van der Waals surface area contributed by atoms with Crippen LogP contribution in [0, 0.1) is 5.92 Å². The minimum Gasteiger partial charge on any atom is -0.0929 e. The van der Waals surface area contributed by atoms with Crippen LogP contribution in [0.3, 0.4) is 0 Å². The van der Waals surface area contributed by atoms with Gasteiger partial charge in [0, 0.05) is 5.92 Å². The fraction of sp³-hybridized carbons (Fsp3) is 0.429. The van der Waals surface area contributed by atoms with E-state index in [1.54, 1.807) is 0 Å². The highest BCUT2D eigenvalue weighted by molar-refractivity contribution is 7.41. The summed E-state index contributed by atoms with van der Waals surface area (Å²) in [6.45, 7) is 4.35. The van der Waals surface area contributed by atoms with Gasteiger partial charge in [0.1, 0.15) is 0 Å². The second-order valence-corrected chi connectivity index (χ2v) is 2.86. The molecule has 1 heteroatoms. The molecule has 1 atom stereocenters. The molecule has 0 nitrogen and oxygen atoms in total. The van der Waals surface area contributed by atoms with Crippen LogP contribution in [-0.4, -0.2) is 5.45 Å². The van der Waals surface area contributed by atoms with Crippen molar-refractivity contribution in [3.63, 3.8) is 0 Å². The lowest BCUT2D eigenvalue weighted by atomic mass is 10.1. The highest BCUT2D eigenvalue weighted by Gasteiger charge is 1.98. The Labute approximate surface area is 51.7 Å². The van der Waals surface area contributed by atoms with E-state index in [4.69, 9.17) is 0 Å². The van der Waals surface area contributed by atoms with Crippen LogP contribution in [0.2, 0.25) is 0 Å². The van der Waals surface area contributed by atoms with Gasteiger partial charge < -0.3 is 0 Å². The smallest absolute Gasteiger partial charge is 0.00318 e. The Morgan fingerprint density at radius 1 is 1.75 bits per heavy atom. The largest absolute Gasteiger partial charge is 0.0929 e. The maximum atomic E-state index is 3.14. The Morgan fingerprint density at radius 2 is 2.50 bits per heavy atom. The first-order valence-electron chi connectivity index (χ1n) is 2.76. The van der Waals surface area contributed by atoms with Gasteiger partial charge in [-0.25, -0.2) is 0 Å². The zero-order valence-electron chi connectivity index (χ0n) is 5.18. The molecule has 0 saturated carbocycles. The SMILES string of the molecule is CC1=CP=C=CC1C. The van der Waals surface area contributed by atoms with Crippen molar-refractivity contribution in [1.82, 2.24) is 0 Å². The molecule has 0 amide bonds.